The molecule has 0 aromatic heterocycles. The summed E-state index contributed by atoms with van der Waals surface area (Å²) in [6, 6.07) is -1.04. The van der Waals surface area contributed by atoms with E-state index >= 15 is 0 Å². The lowest BCUT2D eigenvalue weighted by Crippen LogP contribution is -2.32. The molecule has 0 rings (SSSR count). The molecule has 0 radical (unpaired) electrons. The molecule has 0 spiro atoms. The molecule has 4 N–H and O–H groups in total. The summed E-state index contributed by atoms with van der Waals surface area (Å²) < 4.78 is 0.193. The van der Waals surface area contributed by atoms with Crippen molar-refractivity contribution in [3.8, 4) is 0 Å². The Morgan fingerprint density at radius 3 is 2.50 bits per heavy atom. The van der Waals surface area contributed by atoms with Crippen LogP contribution in [0.25, 0.3) is 0 Å². The van der Waals surface area contributed by atoms with Gasteiger partial charge >= 0.3 is 5.97 Å². The zero-order valence-corrected chi connectivity index (χ0v) is 7.37. The maximum absolute atomic E-state index is 10.4. The zero-order chi connectivity index (χ0) is 9.56. The largest absolute Gasteiger partial charge is 0.480 e. The number of rotatable bonds is 6. The third-order valence-corrected chi connectivity index (χ3v) is 1.71. The first-order valence-corrected chi connectivity index (χ1v) is 4.00. The number of carbonyl (C=O) groups is 1. The number of unbranched alkanes of at least 4 members (excludes halogenated alkanes) is 1. The number of aliphatic carboxylic acids is 1. The normalized spacial score (nSPS) is 13.3. The summed E-state index contributed by atoms with van der Waals surface area (Å²) in [5, 5.41) is 17.2. The fourth-order valence-corrected chi connectivity index (χ4v) is 0.984. The molecule has 0 amide bonds. The molecule has 5 nitrogen and oxygen atoms in total. The van der Waals surface area contributed by atoms with E-state index < -0.39 is 12.0 Å². The minimum Gasteiger partial charge on any atom is -0.480 e. The van der Waals surface area contributed by atoms with Crippen LogP contribution in [0.3, 0.4) is 0 Å². The van der Waals surface area contributed by atoms with Crippen LogP contribution in [0.2, 0.25) is 0 Å². The van der Waals surface area contributed by atoms with Gasteiger partial charge in [-0.1, -0.05) is 4.58 Å². The fourth-order valence-electron chi connectivity index (χ4n) is 0.803. The number of carboxylic acids is 1. The maximum Gasteiger partial charge on any atom is 0.324 e. The van der Waals surface area contributed by atoms with E-state index in [1.54, 1.807) is 0 Å². The number of carboxylic acid groups (broad SMARTS) is 1. The first-order valence-electron chi connectivity index (χ1n) is 3.66. The van der Waals surface area contributed by atoms with Crippen molar-refractivity contribution in [1.29, 1.82) is 0 Å². The molecule has 0 heterocycles. The van der Waals surface area contributed by atoms with E-state index in [0.717, 1.165) is 6.42 Å². The molecule has 0 aliphatic rings. The molecule has 0 saturated heterocycles. The number of hydroxylamine groups is 1. The average molecular weight is 197 g/mol. The van der Waals surface area contributed by atoms with Crippen molar-refractivity contribution in [2.45, 2.75) is 25.3 Å². The highest BCUT2D eigenvalue weighted by Crippen LogP contribution is 2.08. The third-order valence-electron chi connectivity index (χ3n) is 1.47. The SMILES string of the molecule is NCCCC[C@@H](C(=O)O)N(O)Cl. The second-order valence-corrected chi connectivity index (χ2v) is 2.77. The number of nitrogens with zero attached hydrogens (tertiary/aromatic N) is 1. The lowest BCUT2D eigenvalue weighted by atomic mass is 10.1. The second-order valence-electron chi connectivity index (χ2n) is 2.43. The molecular formula is C6H13ClN2O3. The topological polar surface area (TPSA) is 86.8 Å². The molecule has 0 saturated carbocycles. The highest BCUT2D eigenvalue weighted by molar-refractivity contribution is 6.13. The van der Waals surface area contributed by atoms with Crippen molar-refractivity contribution < 1.29 is 15.1 Å². The Kier molecular flexibility index (Phi) is 6.00. The number of hydrogen-bond acceptors (Lipinski definition) is 4. The van der Waals surface area contributed by atoms with Crippen LogP contribution in [0.1, 0.15) is 19.3 Å². The quantitative estimate of drug-likeness (QED) is 0.326. The van der Waals surface area contributed by atoms with Crippen LogP contribution in [0.4, 0.5) is 0 Å². The molecule has 0 aromatic carbocycles. The van der Waals surface area contributed by atoms with Gasteiger partial charge in [-0.2, -0.15) is 0 Å². The Balaban J connectivity index is 3.72. The molecule has 0 unspecified atom stereocenters. The van der Waals surface area contributed by atoms with Gasteiger partial charge in [0.05, 0.1) is 0 Å². The van der Waals surface area contributed by atoms with Gasteiger partial charge in [-0.25, -0.2) is 0 Å². The number of nitrogens with two attached hydrogens (primary N) is 1. The highest BCUT2D eigenvalue weighted by atomic mass is 35.5. The Labute approximate surface area is 75.8 Å². The van der Waals surface area contributed by atoms with Gasteiger partial charge in [0.25, 0.3) is 0 Å². The van der Waals surface area contributed by atoms with E-state index in [1.165, 1.54) is 0 Å². The van der Waals surface area contributed by atoms with Crippen LogP contribution in [0.5, 0.6) is 0 Å². The molecule has 12 heavy (non-hydrogen) atoms. The molecule has 0 aliphatic carbocycles. The van der Waals surface area contributed by atoms with Crippen molar-refractivity contribution in [1.82, 2.24) is 4.58 Å². The van der Waals surface area contributed by atoms with Crippen LogP contribution in [-0.2, 0) is 4.79 Å². The first kappa shape index (κ1) is 11.6. The molecule has 6 heteroatoms. The summed E-state index contributed by atoms with van der Waals surface area (Å²) in [6.45, 7) is 0.514. The number of hydrogen-bond donors (Lipinski definition) is 3. The highest BCUT2D eigenvalue weighted by Gasteiger charge is 2.22. The molecule has 1 atom stereocenters. The van der Waals surface area contributed by atoms with Gasteiger partial charge in [0.15, 0.2) is 0 Å². The van der Waals surface area contributed by atoms with Gasteiger partial charge < -0.3 is 10.8 Å². The molecule has 0 aromatic rings. The monoisotopic (exact) mass is 196 g/mol. The van der Waals surface area contributed by atoms with Gasteiger partial charge in [-0.3, -0.25) is 10.0 Å². The van der Waals surface area contributed by atoms with Crippen LogP contribution in [0, 0.1) is 0 Å². The van der Waals surface area contributed by atoms with E-state index in [1.807, 2.05) is 0 Å². The number of halogens is 1. The summed E-state index contributed by atoms with van der Waals surface area (Å²) in [7, 11) is 0. The lowest BCUT2D eigenvalue weighted by Gasteiger charge is -2.14. The second kappa shape index (κ2) is 6.19. The van der Waals surface area contributed by atoms with Crippen molar-refractivity contribution in [3.63, 3.8) is 0 Å². The summed E-state index contributed by atoms with van der Waals surface area (Å²) in [5.41, 5.74) is 5.21. The predicted octanol–water partition coefficient (Wildman–Crippen LogP) is 0.414. The first-order chi connectivity index (χ1) is 5.59. The van der Waals surface area contributed by atoms with Crippen molar-refractivity contribution in [3.05, 3.63) is 0 Å². The minimum absolute atomic E-state index is 0.193. The van der Waals surface area contributed by atoms with Gasteiger partial charge in [0.1, 0.15) is 6.04 Å². The van der Waals surface area contributed by atoms with Gasteiger partial charge in [-0.15, -0.1) is 0 Å². The zero-order valence-electron chi connectivity index (χ0n) is 6.61. The molecule has 0 bridgehead atoms. The standard InChI is InChI=1S/C6H13ClN2O3/c7-9(12)5(6(10)11)3-1-2-4-8/h5,12H,1-4,8H2,(H,10,11)/t5-/m0/s1. The van der Waals surface area contributed by atoms with Crippen LogP contribution >= 0.6 is 11.8 Å². The summed E-state index contributed by atoms with van der Waals surface area (Å²) >= 11 is 5.09. The van der Waals surface area contributed by atoms with Crippen LogP contribution in [0.15, 0.2) is 0 Å². The van der Waals surface area contributed by atoms with Gasteiger partial charge in [-0.05, 0) is 25.8 Å². The summed E-state index contributed by atoms with van der Waals surface area (Å²) in [5.74, 6) is -1.13. The Hall–Kier alpha value is -0.360. The maximum atomic E-state index is 10.4. The third kappa shape index (κ3) is 4.50. The van der Waals surface area contributed by atoms with Crippen LogP contribution in [-0.4, -0.2) is 33.5 Å². The predicted molar refractivity (Wildman–Crippen MR) is 43.8 cm³/mol. The summed E-state index contributed by atoms with van der Waals surface area (Å²) in [6.07, 6.45) is 1.66. The minimum atomic E-state index is -1.13. The Morgan fingerprint density at radius 1 is 1.58 bits per heavy atom. The molecule has 0 aliphatic heterocycles. The summed E-state index contributed by atoms with van der Waals surface area (Å²) in [4.78, 5) is 10.4. The lowest BCUT2D eigenvalue weighted by molar-refractivity contribution is -0.151. The van der Waals surface area contributed by atoms with Crippen molar-refractivity contribution in [2.75, 3.05) is 6.54 Å². The molecule has 0 fully saturated rings. The molecular weight excluding hydrogens is 184 g/mol. The van der Waals surface area contributed by atoms with Crippen LogP contribution < -0.4 is 5.73 Å². The van der Waals surface area contributed by atoms with E-state index in [9.17, 15) is 4.79 Å². The average Bonchev–Trinajstić information content (AvgIpc) is 1.96. The van der Waals surface area contributed by atoms with Crippen molar-refractivity contribution >= 4 is 17.7 Å². The van der Waals surface area contributed by atoms with E-state index in [4.69, 9.17) is 27.8 Å². The van der Waals surface area contributed by atoms with E-state index in [2.05, 4.69) is 0 Å². The van der Waals surface area contributed by atoms with E-state index in [0.29, 0.717) is 19.4 Å². The Morgan fingerprint density at radius 2 is 2.17 bits per heavy atom. The van der Waals surface area contributed by atoms with Gasteiger partial charge in [0.2, 0.25) is 0 Å². The Bertz CT molecular complexity index is 143. The smallest absolute Gasteiger partial charge is 0.324 e. The van der Waals surface area contributed by atoms with E-state index in [-0.39, 0.29) is 4.58 Å². The van der Waals surface area contributed by atoms with Gasteiger partial charge in [0, 0.05) is 11.8 Å². The fraction of sp³-hybridized carbons (Fsp3) is 0.833. The molecule has 72 valence electrons. The van der Waals surface area contributed by atoms with Crippen molar-refractivity contribution in [2.24, 2.45) is 5.73 Å².